The molecule has 120 valence electrons. The van der Waals surface area contributed by atoms with E-state index in [1.54, 1.807) is 37.5 Å². The molecule has 0 saturated heterocycles. The molecule has 24 heavy (non-hydrogen) atoms. The Bertz CT molecular complexity index is 979. The fourth-order valence-electron chi connectivity index (χ4n) is 2.14. The van der Waals surface area contributed by atoms with Gasteiger partial charge in [0.15, 0.2) is 5.13 Å². The molecule has 0 fully saturated rings. The summed E-state index contributed by atoms with van der Waals surface area (Å²) in [7, 11) is 1.59. The lowest BCUT2D eigenvalue weighted by Crippen LogP contribution is -2.10. The van der Waals surface area contributed by atoms with Crippen LogP contribution in [0.5, 0.6) is 5.75 Å². The quantitative estimate of drug-likeness (QED) is 0.741. The second-order valence-electron chi connectivity index (χ2n) is 4.92. The Balaban J connectivity index is 1.77. The van der Waals surface area contributed by atoms with Crippen molar-refractivity contribution in [1.82, 2.24) is 4.98 Å². The SMILES string of the molecule is COc1cccc(/C=C/C(=O)Nc2nc3ccccc3c(=O)s2)c1. The van der Waals surface area contributed by atoms with E-state index < -0.39 is 0 Å². The molecule has 1 amide bonds. The summed E-state index contributed by atoms with van der Waals surface area (Å²) in [6.07, 6.45) is 3.06. The summed E-state index contributed by atoms with van der Waals surface area (Å²) < 4.78 is 5.00. The predicted molar refractivity (Wildman–Crippen MR) is 96.5 cm³/mol. The molecule has 0 aliphatic carbocycles. The lowest BCUT2D eigenvalue weighted by atomic mass is 10.2. The van der Waals surface area contributed by atoms with Crippen LogP contribution in [0.4, 0.5) is 5.13 Å². The van der Waals surface area contributed by atoms with Gasteiger partial charge in [0, 0.05) is 6.08 Å². The number of benzene rings is 2. The van der Waals surface area contributed by atoms with Crippen molar-refractivity contribution < 1.29 is 9.53 Å². The third-order valence-corrected chi connectivity index (χ3v) is 4.08. The normalized spacial score (nSPS) is 10.9. The zero-order valence-corrected chi connectivity index (χ0v) is 13.7. The van der Waals surface area contributed by atoms with Crippen LogP contribution in [0.25, 0.3) is 17.0 Å². The maximum Gasteiger partial charge on any atom is 0.250 e. The summed E-state index contributed by atoms with van der Waals surface area (Å²) >= 11 is 0.910. The minimum absolute atomic E-state index is 0.132. The molecule has 5 nitrogen and oxygen atoms in total. The van der Waals surface area contributed by atoms with Gasteiger partial charge in [-0.05, 0) is 35.9 Å². The maximum absolute atomic E-state index is 12.0. The highest BCUT2D eigenvalue weighted by Crippen LogP contribution is 2.16. The van der Waals surface area contributed by atoms with Crippen molar-refractivity contribution in [1.29, 1.82) is 0 Å². The predicted octanol–water partition coefficient (Wildman–Crippen LogP) is 3.32. The number of hydrogen-bond donors (Lipinski definition) is 1. The number of carbonyl (C=O) groups is 1. The molecule has 0 unspecified atom stereocenters. The van der Waals surface area contributed by atoms with Gasteiger partial charge in [-0.3, -0.25) is 14.9 Å². The monoisotopic (exact) mass is 338 g/mol. The van der Waals surface area contributed by atoms with Gasteiger partial charge in [-0.15, -0.1) is 0 Å². The minimum Gasteiger partial charge on any atom is -0.497 e. The highest BCUT2D eigenvalue weighted by atomic mass is 32.1. The zero-order chi connectivity index (χ0) is 16.9. The second-order valence-corrected chi connectivity index (χ2v) is 5.88. The molecule has 1 heterocycles. The van der Waals surface area contributed by atoms with Gasteiger partial charge in [-0.2, -0.15) is 0 Å². The van der Waals surface area contributed by atoms with Crippen LogP contribution >= 0.6 is 11.3 Å². The smallest absolute Gasteiger partial charge is 0.250 e. The number of amides is 1. The Hall–Kier alpha value is -2.99. The van der Waals surface area contributed by atoms with E-state index in [2.05, 4.69) is 10.3 Å². The molecule has 0 spiro atoms. The van der Waals surface area contributed by atoms with Crippen LogP contribution in [0.3, 0.4) is 0 Å². The van der Waals surface area contributed by atoms with E-state index in [4.69, 9.17) is 4.74 Å². The van der Waals surface area contributed by atoms with Crippen LogP contribution < -0.4 is 14.8 Å². The molecule has 0 bridgehead atoms. The Morgan fingerprint density at radius 3 is 2.88 bits per heavy atom. The van der Waals surface area contributed by atoms with Crippen molar-refractivity contribution in [3.8, 4) is 5.75 Å². The summed E-state index contributed by atoms with van der Waals surface area (Å²) in [4.78, 5) is 28.3. The van der Waals surface area contributed by atoms with Crippen LogP contribution in [0.2, 0.25) is 0 Å². The fraction of sp³-hybridized carbons (Fsp3) is 0.0556. The molecule has 1 aromatic heterocycles. The summed E-state index contributed by atoms with van der Waals surface area (Å²) in [5.74, 6) is 0.364. The van der Waals surface area contributed by atoms with Crippen molar-refractivity contribution in [3.05, 3.63) is 69.7 Å². The lowest BCUT2D eigenvalue weighted by molar-refractivity contribution is -0.111. The number of hydrogen-bond acceptors (Lipinski definition) is 5. The topological polar surface area (TPSA) is 68.3 Å². The zero-order valence-electron chi connectivity index (χ0n) is 12.9. The second kappa shape index (κ2) is 7.06. The summed E-state index contributed by atoms with van der Waals surface area (Å²) in [6, 6.07) is 14.4. The molecule has 0 aliphatic rings. The number of nitrogens with zero attached hydrogens (tertiary/aromatic N) is 1. The Kier molecular flexibility index (Phi) is 4.67. The van der Waals surface area contributed by atoms with Gasteiger partial charge in [0.1, 0.15) is 5.75 Å². The number of carbonyl (C=O) groups excluding carboxylic acids is 1. The molecule has 0 atom stereocenters. The minimum atomic E-state index is -0.351. The van der Waals surface area contributed by atoms with Gasteiger partial charge >= 0.3 is 0 Å². The molecule has 0 aliphatic heterocycles. The first-order valence-electron chi connectivity index (χ1n) is 7.19. The highest BCUT2D eigenvalue weighted by Gasteiger charge is 2.06. The average molecular weight is 338 g/mol. The summed E-state index contributed by atoms with van der Waals surface area (Å²) in [6.45, 7) is 0. The van der Waals surface area contributed by atoms with Gasteiger partial charge in [0.2, 0.25) is 10.6 Å². The number of methoxy groups -OCH3 is 1. The van der Waals surface area contributed by atoms with Crippen molar-refractivity contribution >= 4 is 39.4 Å². The number of aromatic nitrogens is 1. The van der Waals surface area contributed by atoms with Gasteiger partial charge in [-0.25, -0.2) is 4.98 Å². The van der Waals surface area contributed by atoms with Crippen molar-refractivity contribution in [3.63, 3.8) is 0 Å². The first-order chi connectivity index (χ1) is 11.7. The van der Waals surface area contributed by atoms with Crippen LogP contribution in [0, 0.1) is 0 Å². The lowest BCUT2D eigenvalue weighted by Gasteiger charge is -2.02. The number of ether oxygens (including phenoxy) is 1. The molecule has 0 saturated carbocycles. The Labute approximate surface area is 142 Å². The largest absolute Gasteiger partial charge is 0.497 e. The molecule has 1 N–H and O–H groups in total. The van der Waals surface area contributed by atoms with E-state index in [0.717, 1.165) is 16.9 Å². The summed E-state index contributed by atoms with van der Waals surface area (Å²) in [5, 5.41) is 3.45. The molecular weight excluding hydrogens is 324 g/mol. The van der Waals surface area contributed by atoms with E-state index in [-0.39, 0.29) is 15.8 Å². The summed E-state index contributed by atoms with van der Waals surface area (Å²) in [5.41, 5.74) is 1.40. The number of fused-ring (bicyclic) bond motifs is 1. The van der Waals surface area contributed by atoms with Crippen molar-refractivity contribution in [2.75, 3.05) is 12.4 Å². The number of anilines is 1. The van der Waals surface area contributed by atoms with E-state index >= 15 is 0 Å². The third-order valence-electron chi connectivity index (χ3n) is 3.29. The van der Waals surface area contributed by atoms with Crippen molar-refractivity contribution in [2.45, 2.75) is 0 Å². The molecular formula is C18H14N2O3S. The van der Waals surface area contributed by atoms with Gasteiger partial charge in [0.05, 0.1) is 18.0 Å². The first-order valence-corrected chi connectivity index (χ1v) is 8.00. The van der Waals surface area contributed by atoms with Crippen LogP contribution in [-0.2, 0) is 4.79 Å². The van der Waals surface area contributed by atoms with E-state index in [9.17, 15) is 9.59 Å². The fourth-order valence-corrected chi connectivity index (χ4v) is 2.89. The molecule has 0 radical (unpaired) electrons. The Morgan fingerprint density at radius 2 is 2.04 bits per heavy atom. The van der Waals surface area contributed by atoms with E-state index in [1.807, 2.05) is 24.3 Å². The number of para-hydroxylation sites is 1. The molecule has 3 rings (SSSR count). The van der Waals surface area contributed by atoms with E-state index in [0.29, 0.717) is 16.7 Å². The van der Waals surface area contributed by atoms with Crippen LogP contribution in [0.1, 0.15) is 5.56 Å². The van der Waals surface area contributed by atoms with Crippen LogP contribution in [-0.4, -0.2) is 18.0 Å². The number of rotatable bonds is 4. The highest BCUT2D eigenvalue weighted by molar-refractivity contribution is 7.13. The standard InChI is InChI=1S/C18H14N2O3S/c1-23-13-6-4-5-12(11-13)9-10-16(21)20-18-19-15-8-3-2-7-14(15)17(22)24-18/h2-11H,1H3,(H,19,20,21)/b10-9+. The molecule has 6 heteroatoms. The molecule has 3 aromatic rings. The average Bonchev–Trinajstić information content (AvgIpc) is 2.60. The third kappa shape index (κ3) is 3.67. The Morgan fingerprint density at radius 1 is 1.21 bits per heavy atom. The molecule has 2 aromatic carbocycles. The first kappa shape index (κ1) is 15.9. The van der Waals surface area contributed by atoms with Gasteiger partial charge in [-0.1, -0.05) is 35.6 Å². The van der Waals surface area contributed by atoms with Crippen molar-refractivity contribution in [2.24, 2.45) is 0 Å². The van der Waals surface area contributed by atoms with Crippen LogP contribution in [0.15, 0.2) is 59.4 Å². The van der Waals surface area contributed by atoms with E-state index in [1.165, 1.54) is 6.08 Å². The maximum atomic E-state index is 12.0. The van der Waals surface area contributed by atoms with Gasteiger partial charge in [0.25, 0.3) is 0 Å². The van der Waals surface area contributed by atoms with Gasteiger partial charge < -0.3 is 4.74 Å². The number of nitrogens with one attached hydrogen (secondary N) is 1.